The van der Waals surface area contributed by atoms with Crippen molar-refractivity contribution < 1.29 is 4.79 Å². The van der Waals surface area contributed by atoms with E-state index < -0.39 is 0 Å². The largest absolute Gasteiger partial charge is 0.338 e. The van der Waals surface area contributed by atoms with Gasteiger partial charge >= 0.3 is 6.03 Å². The SMILES string of the molecule is Cc1nn(-c2ccccc2)c(C)c1CNC(=O)NCC12CC3CC(CC(C3)C1)C2. The van der Waals surface area contributed by atoms with Crippen LogP contribution in [0.4, 0.5) is 4.79 Å². The fourth-order valence-corrected chi connectivity index (χ4v) is 6.76. The lowest BCUT2D eigenvalue weighted by molar-refractivity contribution is -0.0498. The summed E-state index contributed by atoms with van der Waals surface area (Å²) < 4.78 is 1.96. The van der Waals surface area contributed by atoms with Gasteiger partial charge in [0.1, 0.15) is 0 Å². The predicted molar refractivity (Wildman–Crippen MR) is 114 cm³/mol. The molecule has 4 aliphatic carbocycles. The second kappa shape index (κ2) is 7.19. The van der Waals surface area contributed by atoms with Gasteiger partial charge in [-0.05, 0) is 87.7 Å². The summed E-state index contributed by atoms with van der Waals surface area (Å²) in [5, 5.41) is 11.0. The molecule has 0 atom stereocenters. The second-order valence-corrected chi connectivity index (χ2v) is 9.85. The van der Waals surface area contributed by atoms with Crippen LogP contribution in [0, 0.1) is 37.0 Å². The average Bonchev–Trinajstić information content (AvgIpc) is 2.98. The standard InChI is InChI=1S/C24H32N4O/c1-16-22(17(2)28(27-16)21-6-4-3-5-7-21)14-25-23(29)26-15-24-11-18-8-19(12-24)10-20(9-18)13-24/h3-7,18-20H,8-15H2,1-2H3,(H2,25,26,29). The quantitative estimate of drug-likeness (QED) is 0.787. The number of hydrogen-bond donors (Lipinski definition) is 2. The van der Waals surface area contributed by atoms with Gasteiger partial charge in [0.15, 0.2) is 0 Å². The fraction of sp³-hybridized carbons (Fsp3) is 0.583. The monoisotopic (exact) mass is 392 g/mol. The molecule has 0 saturated heterocycles. The van der Waals surface area contributed by atoms with Gasteiger partial charge < -0.3 is 10.6 Å². The number of amides is 2. The summed E-state index contributed by atoms with van der Waals surface area (Å²) in [7, 11) is 0. The van der Waals surface area contributed by atoms with E-state index in [0.717, 1.165) is 46.9 Å². The van der Waals surface area contributed by atoms with Crippen LogP contribution in [-0.4, -0.2) is 22.4 Å². The van der Waals surface area contributed by atoms with Gasteiger partial charge in [-0.1, -0.05) is 18.2 Å². The summed E-state index contributed by atoms with van der Waals surface area (Å²) in [6.45, 7) is 5.43. The highest BCUT2D eigenvalue weighted by atomic mass is 16.2. The third kappa shape index (κ3) is 3.56. The van der Waals surface area contributed by atoms with Crippen LogP contribution in [0.25, 0.3) is 5.69 Å². The minimum Gasteiger partial charge on any atom is -0.338 e. The molecule has 29 heavy (non-hydrogen) atoms. The van der Waals surface area contributed by atoms with Gasteiger partial charge in [-0.2, -0.15) is 5.10 Å². The van der Waals surface area contributed by atoms with E-state index >= 15 is 0 Å². The van der Waals surface area contributed by atoms with Crippen LogP contribution < -0.4 is 10.6 Å². The van der Waals surface area contributed by atoms with E-state index in [9.17, 15) is 4.79 Å². The van der Waals surface area contributed by atoms with Crippen LogP contribution in [-0.2, 0) is 6.54 Å². The molecule has 1 aromatic heterocycles. The molecule has 2 amide bonds. The van der Waals surface area contributed by atoms with Crippen molar-refractivity contribution in [3.63, 3.8) is 0 Å². The summed E-state index contributed by atoms with van der Waals surface area (Å²) in [5.41, 5.74) is 4.56. The number of urea groups is 1. The third-order valence-electron chi connectivity index (χ3n) is 7.66. The van der Waals surface area contributed by atoms with E-state index in [-0.39, 0.29) is 6.03 Å². The first-order valence-corrected chi connectivity index (χ1v) is 11.1. The van der Waals surface area contributed by atoms with Gasteiger partial charge in [0, 0.05) is 24.3 Å². The normalized spacial score (nSPS) is 29.8. The second-order valence-electron chi connectivity index (χ2n) is 9.85. The zero-order valence-electron chi connectivity index (χ0n) is 17.6. The number of hydrogen-bond acceptors (Lipinski definition) is 2. The third-order valence-corrected chi connectivity index (χ3v) is 7.66. The maximum absolute atomic E-state index is 12.6. The van der Waals surface area contributed by atoms with Crippen LogP contribution in [0.1, 0.15) is 55.5 Å². The Hall–Kier alpha value is -2.30. The number of nitrogens with one attached hydrogen (secondary N) is 2. The summed E-state index contributed by atoms with van der Waals surface area (Å²) in [5.74, 6) is 2.75. The van der Waals surface area contributed by atoms with E-state index in [1.807, 2.05) is 29.8 Å². The lowest BCUT2D eigenvalue weighted by Gasteiger charge is -2.56. The Morgan fingerprint density at radius 1 is 1.03 bits per heavy atom. The molecule has 5 nitrogen and oxygen atoms in total. The number of carbonyl (C=O) groups is 1. The Kier molecular flexibility index (Phi) is 4.64. The summed E-state index contributed by atoms with van der Waals surface area (Å²) >= 11 is 0. The first kappa shape index (κ1) is 18.7. The first-order valence-electron chi connectivity index (χ1n) is 11.1. The number of aryl methyl sites for hydroxylation is 1. The molecule has 0 aliphatic heterocycles. The minimum atomic E-state index is -0.0491. The predicted octanol–water partition coefficient (Wildman–Crippen LogP) is 4.50. The van der Waals surface area contributed by atoms with Crippen molar-refractivity contribution in [2.24, 2.45) is 23.2 Å². The lowest BCUT2D eigenvalue weighted by Crippen LogP contribution is -2.52. The Morgan fingerprint density at radius 2 is 1.66 bits per heavy atom. The topological polar surface area (TPSA) is 59.0 Å². The molecule has 154 valence electrons. The Bertz CT molecular complexity index is 866. The molecule has 4 saturated carbocycles. The summed E-state index contributed by atoms with van der Waals surface area (Å²) in [6.07, 6.45) is 8.28. The van der Waals surface area contributed by atoms with E-state index in [2.05, 4.69) is 34.8 Å². The molecular formula is C24H32N4O. The molecule has 5 heteroatoms. The van der Waals surface area contributed by atoms with Crippen molar-refractivity contribution in [1.29, 1.82) is 0 Å². The molecule has 4 bridgehead atoms. The number of benzene rings is 1. The van der Waals surface area contributed by atoms with Crippen LogP contribution in [0.15, 0.2) is 30.3 Å². The maximum atomic E-state index is 12.6. The van der Waals surface area contributed by atoms with Gasteiger partial charge in [-0.25, -0.2) is 9.48 Å². The van der Waals surface area contributed by atoms with Gasteiger partial charge in [0.2, 0.25) is 0 Å². The number of aromatic nitrogens is 2. The fourth-order valence-electron chi connectivity index (χ4n) is 6.76. The van der Waals surface area contributed by atoms with Crippen molar-refractivity contribution in [1.82, 2.24) is 20.4 Å². The van der Waals surface area contributed by atoms with Crippen molar-refractivity contribution in [3.05, 3.63) is 47.3 Å². The first-order chi connectivity index (χ1) is 14.0. The average molecular weight is 393 g/mol. The van der Waals surface area contributed by atoms with E-state index in [4.69, 9.17) is 0 Å². The van der Waals surface area contributed by atoms with E-state index in [1.165, 1.54) is 38.5 Å². The van der Waals surface area contributed by atoms with E-state index in [0.29, 0.717) is 12.0 Å². The Balaban J connectivity index is 1.19. The number of para-hydroxylation sites is 1. The van der Waals surface area contributed by atoms with Crippen LogP contribution in [0.2, 0.25) is 0 Å². The highest BCUT2D eigenvalue weighted by Crippen LogP contribution is 2.59. The highest BCUT2D eigenvalue weighted by molar-refractivity contribution is 5.74. The molecule has 1 heterocycles. The molecule has 4 fully saturated rings. The lowest BCUT2D eigenvalue weighted by atomic mass is 9.49. The number of carbonyl (C=O) groups excluding carboxylic acids is 1. The number of nitrogens with zero attached hydrogens (tertiary/aromatic N) is 2. The van der Waals surface area contributed by atoms with Crippen molar-refractivity contribution >= 4 is 6.03 Å². The van der Waals surface area contributed by atoms with Gasteiger partial charge in [0.25, 0.3) is 0 Å². The molecule has 0 spiro atoms. The number of rotatable bonds is 5. The van der Waals surface area contributed by atoms with Crippen molar-refractivity contribution in [3.8, 4) is 5.69 Å². The van der Waals surface area contributed by atoms with Crippen LogP contribution >= 0.6 is 0 Å². The molecule has 6 rings (SSSR count). The zero-order valence-corrected chi connectivity index (χ0v) is 17.6. The van der Waals surface area contributed by atoms with Crippen molar-refractivity contribution in [2.45, 2.75) is 58.9 Å². The van der Waals surface area contributed by atoms with Crippen LogP contribution in [0.3, 0.4) is 0 Å². The molecular weight excluding hydrogens is 360 g/mol. The molecule has 2 aromatic rings. The molecule has 1 aromatic carbocycles. The summed E-state index contributed by atoms with van der Waals surface area (Å²) in [6, 6.07) is 10.1. The molecule has 2 N–H and O–H groups in total. The van der Waals surface area contributed by atoms with Gasteiger partial charge in [-0.15, -0.1) is 0 Å². The molecule has 4 aliphatic rings. The zero-order chi connectivity index (χ0) is 20.0. The van der Waals surface area contributed by atoms with Crippen LogP contribution in [0.5, 0.6) is 0 Å². The van der Waals surface area contributed by atoms with Gasteiger partial charge in [-0.3, -0.25) is 0 Å². The maximum Gasteiger partial charge on any atom is 0.315 e. The Labute approximate surface area is 173 Å². The highest BCUT2D eigenvalue weighted by Gasteiger charge is 2.50. The van der Waals surface area contributed by atoms with Gasteiger partial charge in [0.05, 0.1) is 11.4 Å². The Morgan fingerprint density at radius 3 is 2.28 bits per heavy atom. The molecule has 0 radical (unpaired) electrons. The molecule has 0 unspecified atom stereocenters. The van der Waals surface area contributed by atoms with Crippen molar-refractivity contribution in [2.75, 3.05) is 6.54 Å². The summed E-state index contributed by atoms with van der Waals surface area (Å²) in [4.78, 5) is 12.6. The van der Waals surface area contributed by atoms with E-state index in [1.54, 1.807) is 0 Å². The minimum absolute atomic E-state index is 0.0491. The smallest absolute Gasteiger partial charge is 0.315 e.